The van der Waals surface area contributed by atoms with Gasteiger partial charge in [-0.25, -0.2) is 12.8 Å². The van der Waals surface area contributed by atoms with E-state index in [0.29, 0.717) is 9.87 Å². The number of rotatable bonds is 4. The van der Waals surface area contributed by atoms with Gasteiger partial charge >= 0.3 is 5.97 Å². The summed E-state index contributed by atoms with van der Waals surface area (Å²) in [5.74, 6) is -2.48. The van der Waals surface area contributed by atoms with Crippen LogP contribution in [0.25, 0.3) is 0 Å². The molecule has 1 amide bonds. The number of aryl methyl sites for hydroxylation is 1. The Bertz CT molecular complexity index is 1010. The molecule has 2 aromatic rings. The van der Waals surface area contributed by atoms with E-state index in [1.807, 2.05) is 6.92 Å². The third-order valence-electron chi connectivity index (χ3n) is 4.65. The van der Waals surface area contributed by atoms with Crippen LogP contribution in [0.1, 0.15) is 17.2 Å². The smallest absolute Gasteiger partial charge is 0.324 e. The van der Waals surface area contributed by atoms with Crippen LogP contribution < -0.4 is 4.90 Å². The fourth-order valence-electron chi connectivity index (χ4n) is 3.34. The lowest BCUT2D eigenvalue weighted by Crippen LogP contribution is -2.62. The Morgan fingerprint density at radius 2 is 1.68 bits per heavy atom. The quantitative estimate of drug-likeness (QED) is 0.837. The van der Waals surface area contributed by atoms with E-state index in [9.17, 15) is 27.5 Å². The Morgan fingerprint density at radius 1 is 1.11 bits per heavy atom. The Labute approximate surface area is 162 Å². The largest absolute Gasteiger partial charge is 0.480 e. The van der Waals surface area contributed by atoms with Gasteiger partial charge in [0, 0.05) is 5.69 Å². The summed E-state index contributed by atoms with van der Waals surface area (Å²) in [6, 6.07) is 9.23. The van der Waals surface area contributed by atoms with Crippen molar-refractivity contribution in [3.05, 3.63) is 65.5 Å². The minimum atomic E-state index is -3.97. The summed E-state index contributed by atoms with van der Waals surface area (Å²) in [5, 5.41) is 9.85. The zero-order valence-corrected chi connectivity index (χ0v) is 16.1. The monoisotopic (exact) mass is 406 g/mol. The van der Waals surface area contributed by atoms with Crippen molar-refractivity contribution >= 4 is 27.6 Å². The van der Waals surface area contributed by atoms with E-state index in [2.05, 4.69) is 0 Å². The molecule has 0 spiro atoms. The van der Waals surface area contributed by atoms with Crippen LogP contribution in [-0.2, 0) is 19.6 Å². The fourth-order valence-corrected chi connectivity index (χ4v) is 4.31. The van der Waals surface area contributed by atoms with E-state index in [1.54, 1.807) is 24.3 Å². The van der Waals surface area contributed by atoms with Gasteiger partial charge in [-0.15, -0.1) is 0 Å². The van der Waals surface area contributed by atoms with Gasteiger partial charge in [0.25, 0.3) is 0 Å². The number of hydrogen-bond donors (Lipinski definition) is 1. The number of carbonyl (C=O) groups is 2. The maximum atomic E-state index is 13.4. The van der Waals surface area contributed by atoms with E-state index in [4.69, 9.17) is 0 Å². The number of carboxylic acid groups (broad SMARTS) is 1. The number of hydrogen-bond acceptors (Lipinski definition) is 4. The standard InChI is InChI=1S/C19H19FN2O5S/c1-12-3-5-13(6-4-12)17-18(19(24)25)21(28(2,26)27)11-16(23)22(17)15-9-7-14(20)8-10-15/h3-10,17-18H,11H2,1-2H3,(H,24,25)/t17-,18+/m0/s1. The summed E-state index contributed by atoms with van der Waals surface area (Å²) < 4.78 is 38.5. The van der Waals surface area contributed by atoms with Gasteiger partial charge in [-0.3, -0.25) is 9.59 Å². The van der Waals surface area contributed by atoms with Gasteiger partial charge in [-0.2, -0.15) is 4.31 Å². The number of piperazine rings is 1. The number of amides is 1. The number of benzene rings is 2. The molecule has 28 heavy (non-hydrogen) atoms. The van der Waals surface area contributed by atoms with Crippen molar-refractivity contribution in [3.8, 4) is 0 Å². The van der Waals surface area contributed by atoms with E-state index in [0.717, 1.165) is 24.0 Å². The second-order valence-corrected chi connectivity index (χ2v) is 8.62. The molecule has 0 saturated carbocycles. The van der Waals surface area contributed by atoms with Crippen molar-refractivity contribution in [1.29, 1.82) is 0 Å². The van der Waals surface area contributed by atoms with Gasteiger partial charge in [0.2, 0.25) is 15.9 Å². The maximum absolute atomic E-state index is 13.4. The number of anilines is 1. The van der Waals surface area contributed by atoms with Gasteiger partial charge < -0.3 is 10.0 Å². The lowest BCUT2D eigenvalue weighted by atomic mass is 9.93. The molecule has 148 valence electrons. The molecular weight excluding hydrogens is 387 g/mol. The fraction of sp³-hybridized carbons (Fsp3) is 0.263. The molecule has 0 aliphatic carbocycles. The van der Waals surface area contributed by atoms with Crippen molar-refractivity contribution in [2.75, 3.05) is 17.7 Å². The Hall–Kier alpha value is -2.78. The molecule has 3 rings (SSSR count). The van der Waals surface area contributed by atoms with Crippen LogP contribution in [-0.4, -0.2) is 48.5 Å². The molecule has 1 aliphatic rings. The van der Waals surface area contributed by atoms with Crippen LogP contribution in [0, 0.1) is 12.7 Å². The minimum Gasteiger partial charge on any atom is -0.480 e. The SMILES string of the molecule is Cc1ccc([C@H]2[C@H](C(=O)O)N(S(C)(=O)=O)CC(=O)N2c2ccc(F)cc2)cc1. The molecule has 1 fully saturated rings. The van der Waals surface area contributed by atoms with Crippen LogP contribution in [0.2, 0.25) is 0 Å². The number of carboxylic acids is 1. The molecular formula is C19H19FN2O5S. The maximum Gasteiger partial charge on any atom is 0.324 e. The van der Waals surface area contributed by atoms with Gasteiger partial charge in [0.15, 0.2) is 0 Å². The normalized spacial score (nSPS) is 21.0. The van der Waals surface area contributed by atoms with Crippen LogP contribution in [0.3, 0.4) is 0 Å². The number of halogens is 1. The molecule has 7 nitrogen and oxygen atoms in total. The molecule has 2 atom stereocenters. The number of nitrogens with zero attached hydrogens (tertiary/aromatic N) is 2. The Balaban J connectivity index is 2.22. The number of aliphatic carboxylic acids is 1. The average molecular weight is 406 g/mol. The topological polar surface area (TPSA) is 95.0 Å². The van der Waals surface area contributed by atoms with Gasteiger partial charge in [0.1, 0.15) is 11.9 Å². The average Bonchev–Trinajstić information content (AvgIpc) is 2.61. The van der Waals surface area contributed by atoms with E-state index in [-0.39, 0.29) is 5.69 Å². The molecule has 9 heteroatoms. The van der Waals surface area contributed by atoms with Gasteiger partial charge in [-0.1, -0.05) is 29.8 Å². The first kappa shape index (κ1) is 20.0. The van der Waals surface area contributed by atoms with Gasteiger partial charge in [-0.05, 0) is 36.8 Å². The van der Waals surface area contributed by atoms with Crippen molar-refractivity contribution in [2.24, 2.45) is 0 Å². The highest BCUT2D eigenvalue weighted by molar-refractivity contribution is 7.88. The van der Waals surface area contributed by atoms with Crippen molar-refractivity contribution < 1.29 is 27.5 Å². The molecule has 0 unspecified atom stereocenters. The summed E-state index contributed by atoms with van der Waals surface area (Å²) in [4.78, 5) is 26.2. The molecule has 2 aromatic carbocycles. The van der Waals surface area contributed by atoms with Crippen LogP contribution >= 0.6 is 0 Å². The van der Waals surface area contributed by atoms with Gasteiger partial charge in [0.05, 0.1) is 18.8 Å². The molecule has 1 saturated heterocycles. The number of sulfonamides is 1. The van der Waals surface area contributed by atoms with E-state index < -0.39 is 46.3 Å². The summed E-state index contributed by atoms with van der Waals surface area (Å²) in [6.45, 7) is 1.24. The molecule has 1 aliphatic heterocycles. The second-order valence-electron chi connectivity index (χ2n) is 6.69. The first-order valence-electron chi connectivity index (χ1n) is 8.43. The summed E-state index contributed by atoms with van der Waals surface area (Å²) >= 11 is 0. The zero-order chi connectivity index (χ0) is 20.6. The predicted octanol–water partition coefficient (Wildman–Crippen LogP) is 1.94. The lowest BCUT2D eigenvalue weighted by Gasteiger charge is -2.44. The predicted molar refractivity (Wildman–Crippen MR) is 101 cm³/mol. The summed E-state index contributed by atoms with van der Waals surface area (Å²) in [6.07, 6.45) is 0.871. The van der Waals surface area contributed by atoms with Crippen LogP contribution in [0.5, 0.6) is 0 Å². The van der Waals surface area contributed by atoms with Crippen LogP contribution in [0.15, 0.2) is 48.5 Å². The van der Waals surface area contributed by atoms with Crippen molar-refractivity contribution in [3.63, 3.8) is 0 Å². The second kappa shape index (κ2) is 7.33. The van der Waals surface area contributed by atoms with Crippen molar-refractivity contribution in [1.82, 2.24) is 4.31 Å². The third-order valence-corrected chi connectivity index (χ3v) is 5.86. The zero-order valence-electron chi connectivity index (χ0n) is 15.2. The molecule has 0 bridgehead atoms. The third kappa shape index (κ3) is 3.76. The highest BCUT2D eigenvalue weighted by Gasteiger charge is 2.49. The van der Waals surface area contributed by atoms with E-state index in [1.165, 1.54) is 17.0 Å². The first-order chi connectivity index (χ1) is 13.1. The summed E-state index contributed by atoms with van der Waals surface area (Å²) in [7, 11) is -3.97. The molecule has 1 heterocycles. The number of carbonyl (C=O) groups excluding carboxylic acids is 1. The Kier molecular flexibility index (Phi) is 5.22. The minimum absolute atomic E-state index is 0.288. The highest BCUT2D eigenvalue weighted by Crippen LogP contribution is 2.37. The molecule has 0 aromatic heterocycles. The Morgan fingerprint density at radius 3 is 2.18 bits per heavy atom. The highest BCUT2D eigenvalue weighted by atomic mass is 32.2. The molecule has 0 radical (unpaired) electrons. The lowest BCUT2D eigenvalue weighted by molar-refractivity contribution is -0.144. The molecule has 1 N–H and O–H groups in total. The first-order valence-corrected chi connectivity index (χ1v) is 10.3. The van der Waals surface area contributed by atoms with Crippen molar-refractivity contribution in [2.45, 2.75) is 19.0 Å². The summed E-state index contributed by atoms with van der Waals surface area (Å²) in [5.41, 5.74) is 1.67. The van der Waals surface area contributed by atoms with E-state index >= 15 is 0 Å². The van der Waals surface area contributed by atoms with Crippen LogP contribution in [0.4, 0.5) is 10.1 Å².